The third-order valence-corrected chi connectivity index (χ3v) is 4.35. The summed E-state index contributed by atoms with van der Waals surface area (Å²) >= 11 is 0. The number of aromatic nitrogens is 1. The maximum Gasteiger partial charge on any atom is 0.218 e. The van der Waals surface area contributed by atoms with Gasteiger partial charge in [-0.1, -0.05) is 30.3 Å². The summed E-state index contributed by atoms with van der Waals surface area (Å²) in [5.74, 6) is 0. The van der Waals surface area contributed by atoms with Crippen molar-refractivity contribution in [1.29, 1.82) is 0 Å². The molecule has 0 radical (unpaired) electrons. The average Bonchev–Trinajstić information content (AvgIpc) is 2.55. The molecular weight excluding hydrogens is 298 g/mol. The molecule has 0 saturated carbocycles. The van der Waals surface area contributed by atoms with Crippen LogP contribution in [0.2, 0.25) is 0 Å². The molecule has 1 aliphatic heterocycles. The maximum absolute atomic E-state index is 5.97. The largest absolute Gasteiger partial charge is 0.344 e. The lowest BCUT2D eigenvalue weighted by Gasteiger charge is -2.31. The molecule has 1 fully saturated rings. The van der Waals surface area contributed by atoms with Crippen LogP contribution in [0.15, 0.2) is 48.5 Å². The Balaban J connectivity index is 1.81. The molecule has 1 aromatic heterocycles. The number of hydrogen-bond acceptors (Lipinski definition) is 2. The number of ether oxygens (including phenoxy) is 2. The summed E-state index contributed by atoms with van der Waals surface area (Å²) in [7, 11) is 0. The second kappa shape index (κ2) is 7.73. The fourth-order valence-electron chi connectivity index (χ4n) is 3.17. The van der Waals surface area contributed by atoms with Crippen LogP contribution in [0.1, 0.15) is 37.2 Å². The van der Waals surface area contributed by atoms with Gasteiger partial charge < -0.3 is 9.47 Å². The lowest BCUT2D eigenvalue weighted by molar-refractivity contribution is -0.719. The first-order valence-corrected chi connectivity index (χ1v) is 8.65. The zero-order valence-corrected chi connectivity index (χ0v) is 14.7. The molecule has 24 heavy (non-hydrogen) atoms. The van der Waals surface area contributed by atoms with Gasteiger partial charge in [0.15, 0.2) is 12.2 Å². The maximum atomic E-state index is 5.97. The molecule has 2 unspecified atom stereocenters. The fraction of sp³-hybridized carbons (Fsp3) is 0.381. The van der Waals surface area contributed by atoms with Gasteiger partial charge in [0, 0.05) is 25.1 Å². The Morgan fingerprint density at radius 1 is 0.958 bits per heavy atom. The van der Waals surface area contributed by atoms with E-state index < -0.39 is 0 Å². The summed E-state index contributed by atoms with van der Waals surface area (Å²) in [5.41, 5.74) is 3.54. The van der Waals surface area contributed by atoms with Gasteiger partial charge in [-0.15, -0.1) is 0 Å². The molecule has 3 rings (SSSR count). The highest BCUT2D eigenvalue weighted by Crippen LogP contribution is 2.18. The number of rotatable bonds is 4. The van der Waals surface area contributed by atoms with Crippen molar-refractivity contribution in [1.82, 2.24) is 0 Å². The normalized spacial score (nSPS) is 24.4. The van der Waals surface area contributed by atoms with Gasteiger partial charge >= 0.3 is 0 Å². The second-order valence-corrected chi connectivity index (χ2v) is 6.51. The van der Waals surface area contributed by atoms with Gasteiger partial charge in [0.05, 0.1) is 12.2 Å². The quantitative estimate of drug-likeness (QED) is 0.793. The van der Waals surface area contributed by atoms with Crippen molar-refractivity contribution >= 4 is 12.2 Å². The molecule has 0 aliphatic carbocycles. The minimum Gasteiger partial charge on any atom is -0.344 e. The van der Waals surface area contributed by atoms with E-state index in [9.17, 15) is 0 Å². The smallest absolute Gasteiger partial charge is 0.218 e. The number of nitrogens with zero attached hydrogens (tertiary/aromatic N) is 1. The molecule has 0 N–H and O–H groups in total. The molecule has 3 heteroatoms. The highest BCUT2D eigenvalue weighted by atomic mass is 16.7. The zero-order valence-electron chi connectivity index (χ0n) is 14.7. The van der Waals surface area contributed by atoms with Crippen molar-refractivity contribution in [3.63, 3.8) is 0 Å². The first-order chi connectivity index (χ1) is 11.6. The van der Waals surface area contributed by atoms with E-state index in [1.54, 1.807) is 0 Å². The van der Waals surface area contributed by atoms with Crippen LogP contribution in [-0.2, 0) is 16.0 Å². The third kappa shape index (κ3) is 4.31. The van der Waals surface area contributed by atoms with Crippen molar-refractivity contribution in [3.8, 4) is 0 Å². The van der Waals surface area contributed by atoms with E-state index in [0.29, 0.717) is 6.54 Å². The van der Waals surface area contributed by atoms with Crippen LogP contribution < -0.4 is 4.57 Å². The van der Waals surface area contributed by atoms with Crippen LogP contribution in [0.3, 0.4) is 0 Å². The Hall–Kier alpha value is -1.97. The Morgan fingerprint density at radius 3 is 2.38 bits per heavy atom. The van der Waals surface area contributed by atoms with E-state index in [0.717, 1.165) is 12.1 Å². The SMILES string of the molecule is Cc1cccc(/C=C/c2ccccc2)[n+]1CC1OC(C)CC(C)O1. The van der Waals surface area contributed by atoms with Crippen LogP contribution in [0, 0.1) is 6.92 Å². The lowest BCUT2D eigenvalue weighted by atomic mass is 10.1. The van der Waals surface area contributed by atoms with Crippen LogP contribution in [0.5, 0.6) is 0 Å². The topological polar surface area (TPSA) is 22.3 Å². The van der Waals surface area contributed by atoms with Gasteiger partial charge in [0.1, 0.15) is 0 Å². The zero-order chi connectivity index (χ0) is 16.9. The van der Waals surface area contributed by atoms with Gasteiger partial charge in [-0.05, 0) is 38.0 Å². The van der Waals surface area contributed by atoms with Crippen molar-refractivity contribution in [3.05, 3.63) is 65.5 Å². The van der Waals surface area contributed by atoms with Crippen LogP contribution in [0.4, 0.5) is 0 Å². The van der Waals surface area contributed by atoms with Crippen molar-refractivity contribution in [2.75, 3.05) is 0 Å². The monoisotopic (exact) mass is 324 g/mol. The molecule has 1 aliphatic rings. The average molecular weight is 324 g/mol. The molecular formula is C21H26NO2+. The molecule has 0 bridgehead atoms. The van der Waals surface area contributed by atoms with Crippen LogP contribution in [0.25, 0.3) is 12.2 Å². The Bertz CT molecular complexity index is 686. The van der Waals surface area contributed by atoms with Gasteiger partial charge in [0.25, 0.3) is 0 Å². The van der Waals surface area contributed by atoms with Crippen LogP contribution in [-0.4, -0.2) is 18.5 Å². The molecule has 0 spiro atoms. The summed E-state index contributed by atoms with van der Waals surface area (Å²) in [4.78, 5) is 0. The molecule has 2 heterocycles. The third-order valence-electron chi connectivity index (χ3n) is 4.35. The Morgan fingerprint density at radius 2 is 1.67 bits per heavy atom. The van der Waals surface area contributed by atoms with Gasteiger partial charge in [-0.3, -0.25) is 0 Å². The molecule has 1 saturated heterocycles. The first kappa shape index (κ1) is 16.9. The lowest BCUT2D eigenvalue weighted by Crippen LogP contribution is -2.50. The van der Waals surface area contributed by atoms with Crippen molar-refractivity contribution in [2.24, 2.45) is 0 Å². The second-order valence-electron chi connectivity index (χ2n) is 6.51. The highest BCUT2D eigenvalue weighted by Gasteiger charge is 2.29. The predicted molar refractivity (Wildman–Crippen MR) is 96.2 cm³/mol. The Kier molecular flexibility index (Phi) is 5.44. The molecule has 126 valence electrons. The van der Waals surface area contributed by atoms with E-state index in [1.165, 1.54) is 11.3 Å². The summed E-state index contributed by atoms with van der Waals surface area (Å²) in [5, 5.41) is 0. The minimum atomic E-state index is -0.196. The minimum absolute atomic E-state index is 0.196. The van der Waals surface area contributed by atoms with Gasteiger partial charge in [-0.25, -0.2) is 0 Å². The van der Waals surface area contributed by atoms with E-state index in [2.05, 4.69) is 80.0 Å². The summed E-state index contributed by atoms with van der Waals surface area (Å²) < 4.78 is 14.2. The molecule has 0 amide bonds. The van der Waals surface area contributed by atoms with E-state index in [-0.39, 0.29) is 18.5 Å². The predicted octanol–water partition coefficient (Wildman–Crippen LogP) is 3.99. The van der Waals surface area contributed by atoms with Crippen molar-refractivity contribution in [2.45, 2.75) is 52.2 Å². The van der Waals surface area contributed by atoms with Crippen molar-refractivity contribution < 1.29 is 14.0 Å². The summed E-state index contributed by atoms with van der Waals surface area (Å²) in [6.07, 6.45) is 5.53. The fourth-order valence-corrected chi connectivity index (χ4v) is 3.17. The first-order valence-electron chi connectivity index (χ1n) is 8.65. The van der Waals surface area contributed by atoms with Gasteiger partial charge in [0.2, 0.25) is 12.0 Å². The molecule has 3 nitrogen and oxygen atoms in total. The number of benzene rings is 1. The Labute approximate surface area is 144 Å². The molecule has 1 aromatic carbocycles. The van der Waals surface area contributed by atoms with E-state index in [4.69, 9.17) is 9.47 Å². The highest BCUT2D eigenvalue weighted by molar-refractivity contribution is 5.66. The summed E-state index contributed by atoms with van der Waals surface area (Å²) in [6, 6.07) is 16.7. The standard InChI is InChI=1S/C21H26NO2/c1-16-8-7-11-20(13-12-19-9-5-4-6-10-19)22(16)15-21-23-17(2)14-18(3)24-21/h4-13,17-18,21H,14-15H2,1-3H3/q+1/b13-12+. The summed E-state index contributed by atoms with van der Waals surface area (Å²) in [6.45, 7) is 7.06. The number of hydrogen-bond donors (Lipinski definition) is 0. The van der Waals surface area contributed by atoms with E-state index >= 15 is 0 Å². The number of aryl methyl sites for hydroxylation is 1. The molecule has 2 atom stereocenters. The number of pyridine rings is 1. The van der Waals surface area contributed by atoms with Gasteiger partial charge in [-0.2, -0.15) is 4.57 Å². The molecule has 2 aromatic rings. The van der Waals surface area contributed by atoms with Crippen LogP contribution >= 0.6 is 0 Å². The van der Waals surface area contributed by atoms with E-state index in [1.807, 2.05) is 6.07 Å².